The second-order valence-corrected chi connectivity index (χ2v) is 3.99. The Balaban J connectivity index is 1.70. The molecule has 0 amide bonds. The van der Waals surface area contributed by atoms with Crippen molar-refractivity contribution in [1.82, 2.24) is 15.0 Å². The molecule has 0 atom stereocenters. The normalized spacial score (nSPS) is 10.1. The van der Waals surface area contributed by atoms with Gasteiger partial charge in [0.1, 0.15) is 5.69 Å². The van der Waals surface area contributed by atoms with Crippen LogP contribution in [0, 0.1) is 11.8 Å². The number of rotatable bonds is 2. The smallest absolute Gasteiger partial charge is 0.198 e. The minimum atomic E-state index is 0.648. The molecule has 0 spiro atoms. The minimum absolute atomic E-state index is 0.648. The lowest BCUT2D eigenvalue weighted by Crippen LogP contribution is -1.87. The second kappa shape index (κ2) is 5.32. The van der Waals surface area contributed by atoms with Gasteiger partial charge in [-0.2, -0.15) is 4.98 Å². The van der Waals surface area contributed by atoms with Crippen molar-refractivity contribution >= 4 is 11.2 Å². The summed E-state index contributed by atoms with van der Waals surface area (Å²) in [4.78, 5) is 12.3. The number of aryl methyl sites for hydroxylation is 1. The first-order valence-corrected chi connectivity index (χ1v) is 6.00. The molecule has 0 unspecified atom stereocenters. The van der Waals surface area contributed by atoms with E-state index in [2.05, 4.69) is 26.8 Å². The van der Waals surface area contributed by atoms with Gasteiger partial charge in [-0.1, -0.05) is 12.0 Å². The predicted molar refractivity (Wildman–Crippen MR) is 71.2 cm³/mol. The summed E-state index contributed by atoms with van der Waals surface area (Å²) >= 11 is 0. The Bertz CT molecular complexity index is 738. The van der Waals surface area contributed by atoms with Gasteiger partial charge < -0.3 is 4.42 Å². The largest absolute Gasteiger partial charge is 0.441 e. The molecule has 0 radical (unpaired) electrons. The molecule has 0 aromatic carbocycles. The van der Waals surface area contributed by atoms with Crippen molar-refractivity contribution in [2.75, 3.05) is 0 Å². The average Bonchev–Trinajstić information content (AvgIpc) is 2.94. The van der Waals surface area contributed by atoms with Crippen molar-refractivity contribution in [1.29, 1.82) is 0 Å². The number of fused-ring (bicyclic) bond motifs is 1. The summed E-state index contributed by atoms with van der Waals surface area (Å²) in [7, 11) is 0. The molecular formula is C15H11N3O. The zero-order valence-corrected chi connectivity index (χ0v) is 10.2. The van der Waals surface area contributed by atoms with E-state index in [1.165, 1.54) is 6.39 Å². The first kappa shape index (κ1) is 11.4. The summed E-state index contributed by atoms with van der Waals surface area (Å²) in [6.45, 7) is 0. The Kier molecular flexibility index (Phi) is 3.20. The third kappa shape index (κ3) is 2.61. The highest BCUT2D eigenvalue weighted by Crippen LogP contribution is 2.16. The number of hydrogen-bond donors (Lipinski definition) is 0. The number of oxazole rings is 1. The van der Waals surface area contributed by atoms with E-state index in [0.29, 0.717) is 5.65 Å². The molecule has 92 valence electrons. The van der Waals surface area contributed by atoms with E-state index in [1.54, 1.807) is 12.4 Å². The van der Waals surface area contributed by atoms with E-state index in [0.717, 1.165) is 29.7 Å². The fourth-order valence-corrected chi connectivity index (χ4v) is 1.81. The summed E-state index contributed by atoms with van der Waals surface area (Å²) in [5.74, 6) is 6.15. The SMILES string of the molecule is C(#Cc1ccccn1)CCc1ccnc2ncoc12. The lowest BCUT2D eigenvalue weighted by molar-refractivity contribution is 0.597. The van der Waals surface area contributed by atoms with Crippen LogP contribution in [0.1, 0.15) is 17.7 Å². The lowest BCUT2D eigenvalue weighted by Gasteiger charge is -1.96. The highest BCUT2D eigenvalue weighted by Gasteiger charge is 2.04. The van der Waals surface area contributed by atoms with Crippen LogP contribution in [0.4, 0.5) is 0 Å². The van der Waals surface area contributed by atoms with Gasteiger partial charge in [-0.3, -0.25) is 0 Å². The molecule has 19 heavy (non-hydrogen) atoms. The van der Waals surface area contributed by atoms with Crippen LogP contribution in [-0.4, -0.2) is 15.0 Å². The highest BCUT2D eigenvalue weighted by atomic mass is 16.3. The Morgan fingerprint density at radius 3 is 2.95 bits per heavy atom. The molecule has 3 heterocycles. The average molecular weight is 249 g/mol. The van der Waals surface area contributed by atoms with Crippen LogP contribution in [0.2, 0.25) is 0 Å². The highest BCUT2D eigenvalue weighted by molar-refractivity contribution is 5.71. The fourth-order valence-electron chi connectivity index (χ4n) is 1.81. The predicted octanol–water partition coefficient (Wildman–Crippen LogP) is 2.60. The van der Waals surface area contributed by atoms with Gasteiger partial charge in [0.15, 0.2) is 17.6 Å². The monoisotopic (exact) mass is 249 g/mol. The molecule has 0 aliphatic rings. The van der Waals surface area contributed by atoms with Crippen LogP contribution >= 0.6 is 0 Å². The van der Waals surface area contributed by atoms with Gasteiger partial charge in [0, 0.05) is 24.4 Å². The molecule has 0 bridgehead atoms. The molecule has 3 rings (SSSR count). The van der Waals surface area contributed by atoms with Crippen LogP contribution in [0.5, 0.6) is 0 Å². The maximum atomic E-state index is 5.33. The van der Waals surface area contributed by atoms with Crippen LogP contribution in [-0.2, 0) is 6.42 Å². The fraction of sp³-hybridized carbons (Fsp3) is 0.133. The van der Waals surface area contributed by atoms with Crippen molar-refractivity contribution in [3.05, 3.63) is 54.3 Å². The zero-order valence-electron chi connectivity index (χ0n) is 10.2. The minimum Gasteiger partial charge on any atom is -0.441 e. The molecule has 3 aromatic heterocycles. The molecule has 0 N–H and O–H groups in total. The molecule has 0 saturated carbocycles. The zero-order chi connectivity index (χ0) is 12.9. The van der Waals surface area contributed by atoms with Gasteiger partial charge in [-0.05, 0) is 30.5 Å². The van der Waals surface area contributed by atoms with Crippen LogP contribution in [0.3, 0.4) is 0 Å². The Morgan fingerprint density at radius 1 is 1.05 bits per heavy atom. The standard InChI is InChI=1S/C15H11N3O/c1(2-6-13-7-3-4-9-16-13)5-12-8-10-17-15-14(12)19-11-18-15/h3-4,7-11H,1,5H2. The molecule has 0 aliphatic heterocycles. The third-order valence-electron chi connectivity index (χ3n) is 2.71. The van der Waals surface area contributed by atoms with Gasteiger partial charge in [0.25, 0.3) is 0 Å². The van der Waals surface area contributed by atoms with E-state index in [1.807, 2.05) is 24.3 Å². The molecule has 4 nitrogen and oxygen atoms in total. The second-order valence-electron chi connectivity index (χ2n) is 3.99. The van der Waals surface area contributed by atoms with E-state index in [4.69, 9.17) is 4.42 Å². The quantitative estimate of drug-likeness (QED) is 0.655. The summed E-state index contributed by atoms with van der Waals surface area (Å²) in [6, 6.07) is 7.64. The first-order valence-electron chi connectivity index (χ1n) is 6.00. The van der Waals surface area contributed by atoms with Crippen molar-refractivity contribution in [2.45, 2.75) is 12.8 Å². The van der Waals surface area contributed by atoms with Crippen molar-refractivity contribution < 1.29 is 4.42 Å². The molecule has 0 fully saturated rings. The summed E-state index contributed by atoms with van der Waals surface area (Å²) in [6.07, 6.45) is 6.46. The summed E-state index contributed by atoms with van der Waals surface area (Å²) < 4.78 is 5.33. The molecule has 0 saturated heterocycles. The van der Waals surface area contributed by atoms with Crippen molar-refractivity contribution in [2.24, 2.45) is 0 Å². The van der Waals surface area contributed by atoms with E-state index in [9.17, 15) is 0 Å². The summed E-state index contributed by atoms with van der Waals surface area (Å²) in [5, 5.41) is 0. The van der Waals surface area contributed by atoms with Crippen molar-refractivity contribution in [3.63, 3.8) is 0 Å². The lowest BCUT2D eigenvalue weighted by atomic mass is 10.1. The molecular weight excluding hydrogens is 238 g/mol. The number of aromatic nitrogens is 3. The van der Waals surface area contributed by atoms with Crippen LogP contribution < -0.4 is 0 Å². The van der Waals surface area contributed by atoms with E-state index >= 15 is 0 Å². The van der Waals surface area contributed by atoms with Crippen molar-refractivity contribution in [3.8, 4) is 11.8 Å². The van der Waals surface area contributed by atoms with E-state index < -0.39 is 0 Å². The number of hydrogen-bond acceptors (Lipinski definition) is 4. The van der Waals surface area contributed by atoms with E-state index in [-0.39, 0.29) is 0 Å². The van der Waals surface area contributed by atoms with Crippen LogP contribution in [0.25, 0.3) is 11.2 Å². The third-order valence-corrected chi connectivity index (χ3v) is 2.71. The van der Waals surface area contributed by atoms with Crippen LogP contribution in [0.15, 0.2) is 47.5 Å². The molecule has 4 heteroatoms. The molecule has 3 aromatic rings. The topological polar surface area (TPSA) is 51.8 Å². The first-order chi connectivity index (χ1) is 9.43. The van der Waals surface area contributed by atoms with Gasteiger partial charge in [0.2, 0.25) is 0 Å². The Morgan fingerprint density at radius 2 is 2.05 bits per heavy atom. The maximum absolute atomic E-state index is 5.33. The number of nitrogens with zero attached hydrogens (tertiary/aromatic N) is 3. The van der Waals surface area contributed by atoms with Gasteiger partial charge >= 0.3 is 0 Å². The van der Waals surface area contributed by atoms with Gasteiger partial charge in [-0.25, -0.2) is 9.97 Å². The Labute approximate surface area is 110 Å². The molecule has 0 aliphatic carbocycles. The maximum Gasteiger partial charge on any atom is 0.198 e. The number of pyridine rings is 2. The summed E-state index contributed by atoms with van der Waals surface area (Å²) in [5.41, 5.74) is 3.28. The van der Waals surface area contributed by atoms with Gasteiger partial charge in [0.05, 0.1) is 0 Å². The van der Waals surface area contributed by atoms with Gasteiger partial charge in [-0.15, -0.1) is 0 Å². The Hall–Kier alpha value is -2.67.